The Bertz CT molecular complexity index is 511. The van der Waals surface area contributed by atoms with Crippen LogP contribution in [0.3, 0.4) is 0 Å². The van der Waals surface area contributed by atoms with Gasteiger partial charge in [0, 0.05) is 19.8 Å². The van der Waals surface area contributed by atoms with Gasteiger partial charge in [-0.25, -0.2) is 4.79 Å². The molecule has 2 rings (SSSR count). The van der Waals surface area contributed by atoms with Gasteiger partial charge in [0.25, 0.3) is 0 Å². The number of halogens is 3. The Morgan fingerprint density at radius 2 is 1.87 bits per heavy atom. The van der Waals surface area contributed by atoms with Crippen LogP contribution in [0, 0.1) is 5.92 Å². The Labute approximate surface area is 133 Å². The van der Waals surface area contributed by atoms with E-state index >= 15 is 0 Å². The van der Waals surface area contributed by atoms with Crippen LogP contribution < -0.4 is 10.6 Å². The van der Waals surface area contributed by atoms with Gasteiger partial charge < -0.3 is 15.4 Å². The van der Waals surface area contributed by atoms with E-state index in [1.807, 2.05) is 0 Å². The zero-order valence-electron chi connectivity index (χ0n) is 13.0. The highest BCUT2D eigenvalue weighted by Crippen LogP contribution is 2.29. The molecule has 1 aromatic rings. The molecule has 128 valence electrons. The van der Waals surface area contributed by atoms with E-state index in [0.717, 1.165) is 38.2 Å². The van der Waals surface area contributed by atoms with Crippen LogP contribution in [0.5, 0.6) is 0 Å². The fourth-order valence-electron chi connectivity index (χ4n) is 2.48. The van der Waals surface area contributed by atoms with Crippen molar-refractivity contribution in [2.45, 2.75) is 32.0 Å². The van der Waals surface area contributed by atoms with Crippen molar-refractivity contribution in [1.29, 1.82) is 0 Å². The van der Waals surface area contributed by atoms with Gasteiger partial charge in [0.15, 0.2) is 0 Å². The number of amides is 2. The SMILES string of the molecule is C[C@@H](NC(=O)NCC1CCOCC1)c1ccc(C(F)(F)F)cc1. The van der Waals surface area contributed by atoms with E-state index in [-0.39, 0.29) is 12.1 Å². The Morgan fingerprint density at radius 1 is 1.26 bits per heavy atom. The maximum Gasteiger partial charge on any atom is 0.416 e. The van der Waals surface area contributed by atoms with Gasteiger partial charge in [-0.1, -0.05) is 12.1 Å². The molecule has 1 fully saturated rings. The van der Waals surface area contributed by atoms with Crippen LogP contribution >= 0.6 is 0 Å². The van der Waals surface area contributed by atoms with E-state index in [9.17, 15) is 18.0 Å². The summed E-state index contributed by atoms with van der Waals surface area (Å²) in [5.74, 6) is 0.413. The van der Waals surface area contributed by atoms with Gasteiger partial charge in [0.05, 0.1) is 11.6 Å². The Balaban J connectivity index is 1.80. The van der Waals surface area contributed by atoms with Crippen molar-refractivity contribution < 1.29 is 22.7 Å². The summed E-state index contributed by atoms with van der Waals surface area (Å²) in [6, 6.07) is 4.12. The molecular weight excluding hydrogens is 309 g/mol. The number of rotatable bonds is 4. The van der Waals surface area contributed by atoms with Gasteiger partial charge in [0.1, 0.15) is 0 Å². The molecule has 7 heteroatoms. The molecule has 2 amide bonds. The van der Waals surface area contributed by atoms with Crippen LogP contribution in [-0.4, -0.2) is 25.8 Å². The minimum atomic E-state index is -4.35. The first-order valence-electron chi connectivity index (χ1n) is 7.65. The van der Waals surface area contributed by atoms with E-state index in [4.69, 9.17) is 4.74 Å². The molecule has 1 aliphatic heterocycles. The van der Waals surface area contributed by atoms with Gasteiger partial charge in [0.2, 0.25) is 0 Å². The number of hydrogen-bond donors (Lipinski definition) is 2. The standard InChI is InChI=1S/C16H21F3N2O2/c1-11(13-2-4-14(5-3-13)16(17,18)19)21-15(22)20-10-12-6-8-23-9-7-12/h2-5,11-12H,6-10H2,1H3,(H2,20,21,22)/t11-/m1/s1. The molecule has 1 aliphatic rings. The summed E-state index contributed by atoms with van der Waals surface area (Å²) in [5.41, 5.74) is -0.0726. The maximum absolute atomic E-state index is 12.5. The molecule has 0 aliphatic carbocycles. The van der Waals surface area contributed by atoms with E-state index in [1.165, 1.54) is 12.1 Å². The Hall–Kier alpha value is -1.76. The lowest BCUT2D eigenvalue weighted by molar-refractivity contribution is -0.137. The van der Waals surface area contributed by atoms with Crippen LogP contribution in [0.4, 0.5) is 18.0 Å². The van der Waals surface area contributed by atoms with Gasteiger partial charge in [-0.15, -0.1) is 0 Å². The summed E-state index contributed by atoms with van der Waals surface area (Å²) in [6.45, 7) is 3.75. The molecule has 0 unspecified atom stereocenters. The van der Waals surface area contributed by atoms with Crippen LogP contribution in [0.1, 0.15) is 36.9 Å². The quantitative estimate of drug-likeness (QED) is 0.888. The fourth-order valence-corrected chi connectivity index (χ4v) is 2.48. The Kier molecular flexibility index (Phi) is 5.87. The molecule has 1 aromatic carbocycles. The monoisotopic (exact) mass is 330 g/mol. The van der Waals surface area contributed by atoms with Crippen LogP contribution in [0.2, 0.25) is 0 Å². The van der Waals surface area contributed by atoms with Gasteiger partial charge in [-0.3, -0.25) is 0 Å². The number of benzene rings is 1. The minimum absolute atomic E-state index is 0.316. The molecule has 0 radical (unpaired) electrons. The molecule has 0 spiro atoms. The van der Waals surface area contributed by atoms with Crippen molar-refractivity contribution in [1.82, 2.24) is 10.6 Å². The largest absolute Gasteiger partial charge is 0.416 e. The second-order valence-corrected chi connectivity index (χ2v) is 5.75. The maximum atomic E-state index is 12.5. The second-order valence-electron chi connectivity index (χ2n) is 5.75. The lowest BCUT2D eigenvalue weighted by atomic mass is 10.0. The molecule has 1 heterocycles. The number of urea groups is 1. The first-order valence-corrected chi connectivity index (χ1v) is 7.65. The summed E-state index contributed by atoms with van der Waals surface area (Å²) in [5, 5.41) is 5.53. The Morgan fingerprint density at radius 3 is 2.43 bits per heavy atom. The molecule has 2 N–H and O–H groups in total. The highest BCUT2D eigenvalue weighted by atomic mass is 19.4. The van der Waals surface area contributed by atoms with Crippen molar-refractivity contribution in [3.63, 3.8) is 0 Å². The highest BCUT2D eigenvalue weighted by molar-refractivity contribution is 5.74. The van der Waals surface area contributed by atoms with Crippen molar-refractivity contribution in [2.75, 3.05) is 19.8 Å². The first kappa shape index (κ1) is 17.6. The zero-order valence-corrected chi connectivity index (χ0v) is 13.0. The normalized spacial score (nSPS) is 17.6. The molecular formula is C16H21F3N2O2. The zero-order chi connectivity index (χ0) is 16.9. The minimum Gasteiger partial charge on any atom is -0.381 e. The first-order chi connectivity index (χ1) is 10.9. The van der Waals surface area contributed by atoms with E-state index in [0.29, 0.717) is 18.0 Å². The second kappa shape index (κ2) is 7.68. The smallest absolute Gasteiger partial charge is 0.381 e. The third kappa shape index (κ3) is 5.42. The summed E-state index contributed by atoms with van der Waals surface area (Å²) < 4.78 is 42.8. The summed E-state index contributed by atoms with van der Waals surface area (Å²) in [6.07, 6.45) is -2.50. The number of ether oxygens (including phenoxy) is 1. The molecule has 0 aromatic heterocycles. The van der Waals surface area contributed by atoms with E-state index in [2.05, 4.69) is 10.6 Å². The highest BCUT2D eigenvalue weighted by Gasteiger charge is 2.30. The number of carbonyl (C=O) groups is 1. The molecule has 1 saturated heterocycles. The van der Waals surface area contributed by atoms with Crippen LogP contribution in [-0.2, 0) is 10.9 Å². The fraction of sp³-hybridized carbons (Fsp3) is 0.562. The lowest BCUT2D eigenvalue weighted by Crippen LogP contribution is -2.40. The summed E-state index contributed by atoms with van der Waals surface area (Å²) >= 11 is 0. The number of alkyl halides is 3. The molecule has 0 saturated carbocycles. The van der Waals surface area contributed by atoms with Crippen LogP contribution in [0.15, 0.2) is 24.3 Å². The van der Waals surface area contributed by atoms with E-state index < -0.39 is 11.7 Å². The summed E-state index contributed by atoms with van der Waals surface area (Å²) in [7, 11) is 0. The van der Waals surface area contributed by atoms with Crippen molar-refractivity contribution in [2.24, 2.45) is 5.92 Å². The molecule has 1 atom stereocenters. The number of carbonyl (C=O) groups excluding carboxylic acids is 1. The molecule has 0 bridgehead atoms. The summed E-state index contributed by atoms with van der Waals surface area (Å²) in [4.78, 5) is 11.9. The lowest BCUT2D eigenvalue weighted by Gasteiger charge is -2.23. The molecule has 23 heavy (non-hydrogen) atoms. The average Bonchev–Trinajstić information content (AvgIpc) is 2.53. The average molecular weight is 330 g/mol. The number of nitrogens with one attached hydrogen (secondary N) is 2. The predicted octanol–water partition coefficient (Wildman–Crippen LogP) is 3.49. The van der Waals surface area contributed by atoms with Crippen molar-refractivity contribution in [3.05, 3.63) is 35.4 Å². The number of hydrogen-bond acceptors (Lipinski definition) is 2. The van der Waals surface area contributed by atoms with Gasteiger partial charge in [-0.2, -0.15) is 13.2 Å². The predicted molar refractivity (Wildman–Crippen MR) is 79.9 cm³/mol. The van der Waals surface area contributed by atoms with Gasteiger partial charge >= 0.3 is 12.2 Å². The van der Waals surface area contributed by atoms with Gasteiger partial charge in [-0.05, 0) is 43.4 Å². The van der Waals surface area contributed by atoms with Crippen molar-refractivity contribution in [3.8, 4) is 0 Å². The third-order valence-electron chi connectivity index (χ3n) is 3.98. The topological polar surface area (TPSA) is 50.4 Å². The van der Waals surface area contributed by atoms with E-state index in [1.54, 1.807) is 6.92 Å². The molecule has 4 nitrogen and oxygen atoms in total. The van der Waals surface area contributed by atoms with Crippen molar-refractivity contribution >= 4 is 6.03 Å². The van der Waals surface area contributed by atoms with Crippen LogP contribution in [0.25, 0.3) is 0 Å². The third-order valence-corrected chi connectivity index (χ3v) is 3.98.